The van der Waals surface area contributed by atoms with Crippen molar-refractivity contribution in [3.8, 4) is 0 Å². The maximum atomic E-state index is 12.8. The van der Waals surface area contributed by atoms with Crippen molar-refractivity contribution >= 4 is 11.7 Å². The SMILES string of the molecule is CNc1cc(C(=O)N2CC(C)CC2C)cc(C(C)(C)C)n1. The average Bonchev–Trinajstić information content (AvgIpc) is 2.75. The van der Waals surface area contributed by atoms with Crippen LogP contribution in [0.2, 0.25) is 0 Å². The van der Waals surface area contributed by atoms with Crippen LogP contribution in [0, 0.1) is 5.92 Å². The van der Waals surface area contributed by atoms with E-state index in [0.29, 0.717) is 12.0 Å². The second-order valence-corrected chi connectivity index (χ2v) is 7.27. The van der Waals surface area contributed by atoms with Crippen molar-refractivity contribution in [1.29, 1.82) is 0 Å². The number of likely N-dealkylation sites (tertiary alicyclic amines) is 1. The lowest BCUT2D eigenvalue weighted by Crippen LogP contribution is -2.34. The molecule has 2 heterocycles. The molecule has 1 amide bonds. The molecular formula is C17H27N3O. The molecule has 116 valence electrons. The van der Waals surface area contributed by atoms with Crippen LogP contribution >= 0.6 is 0 Å². The molecule has 4 nitrogen and oxygen atoms in total. The topological polar surface area (TPSA) is 45.2 Å². The number of carbonyl (C=O) groups excluding carboxylic acids is 1. The monoisotopic (exact) mass is 289 g/mol. The van der Waals surface area contributed by atoms with Crippen molar-refractivity contribution < 1.29 is 4.79 Å². The molecule has 2 unspecified atom stereocenters. The predicted octanol–water partition coefficient (Wildman–Crippen LogP) is 3.29. The third-order valence-corrected chi connectivity index (χ3v) is 4.14. The number of rotatable bonds is 2. The van der Waals surface area contributed by atoms with Crippen molar-refractivity contribution in [2.45, 2.75) is 52.5 Å². The second-order valence-electron chi connectivity index (χ2n) is 7.27. The van der Waals surface area contributed by atoms with Crippen LogP contribution in [0.15, 0.2) is 12.1 Å². The van der Waals surface area contributed by atoms with Gasteiger partial charge < -0.3 is 10.2 Å². The van der Waals surface area contributed by atoms with Crippen LogP contribution in [-0.2, 0) is 5.41 Å². The van der Waals surface area contributed by atoms with Crippen LogP contribution in [0.5, 0.6) is 0 Å². The van der Waals surface area contributed by atoms with Gasteiger partial charge in [-0.1, -0.05) is 27.7 Å². The molecule has 0 bridgehead atoms. The molecular weight excluding hydrogens is 262 g/mol. The van der Waals surface area contributed by atoms with E-state index >= 15 is 0 Å². The van der Waals surface area contributed by atoms with E-state index in [0.717, 1.165) is 30.0 Å². The van der Waals surface area contributed by atoms with E-state index in [2.05, 4.69) is 44.9 Å². The van der Waals surface area contributed by atoms with Gasteiger partial charge in [0.2, 0.25) is 0 Å². The van der Waals surface area contributed by atoms with Gasteiger partial charge in [0, 0.05) is 36.3 Å². The van der Waals surface area contributed by atoms with Crippen molar-refractivity contribution in [2.24, 2.45) is 5.92 Å². The quantitative estimate of drug-likeness (QED) is 0.908. The molecule has 1 aromatic heterocycles. The Morgan fingerprint density at radius 1 is 1.33 bits per heavy atom. The van der Waals surface area contributed by atoms with Crippen molar-refractivity contribution in [3.05, 3.63) is 23.4 Å². The Labute approximate surface area is 127 Å². The number of hydrogen-bond acceptors (Lipinski definition) is 3. The van der Waals surface area contributed by atoms with E-state index in [1.807, 2.05) is 24.1 Å². The molecule has 1 N–H and O–H groups in total. The molecule has 1 fully saturated rings. The standard InChI is InChI=1S/C17H27N3O/c1-11-7-12(2)20(10-11)16(21)13-8-14(17(3,4)5)19-15(9-13)18-6/h8-9,11-12H,7,10H2,1-6H3,(H,18,19). The molecule has 0 aromatic carbocycles. The molecule has 1 aromatic rings. The highest BCUT2D eigenvalue weighted by atomic mass is 16.2. The van der Waals surface area contributed by atoms with Crippen molar-refractivity contribution in [3.63, 3.8) is 0 Å². The number of anilines is 1. The van der Waals surface area contributed by atoms with Crippen LogP contribution in [0.1, 0.15) is 57.1 Å². The van der Waals surface area contributed by atoms with E-state index < -0.39 is 0 Å². The van der Waals surface area contributed by atoms with E-state index in [1.54, 1.807) is 0 Å². The highest BCUT2D eigenvalue weighted by Crippen LogP contribution is 2.27. The van der Waals surface area contributed by atoms with E-state index in [4.69, 9.17) is 0 Å². The predicted molar refractivity (Wildman–Crippen MR) is 86.8 cm³/mol. The van der Waals surface area contributed by atoms with Gasteiger partial charge >= 0.3 is 0 Å². The fourth-order valence-electron chi connectivity index (χ4n) is 2.92. The zero-order valence-corrected chi connectivity index (χ0v) is 14.0. The molecule has 21 heavy (non-hydrogen) atoms. The Hall–Kier alpha value is -1.58. The summed E-state index contributed by atoms with van der Waals surface area (Å²) in [6.07, 6.45) is 1.09. The van der Waals surface area contributed by atoms with Crippen LogP contribution < -0.4 is 5.32 Å². The minimum atomic E-state index is -0.0776. The number of pyridine rings is 1. The first kappa shape index (κ1) is 15.8. The Morgan fingerprint density at radius 2 is 2.00 bits per heavy atom. The normalized spacial score (nSPS) is 22.5. The first-order valence-corrected chi connectivity index (χ1v) is 7.73. The molecule has 0 saturated carbocycles. The summed E-state index contributed by atoms with van der Waals surface area (Å²) < 4.78 is 0. The van der Waals surface area contributed by atoms with E-state index in [9.17, 15) is 4.79 Å². The van der Waals surface area contributed by atoms with Gasteiger partial charge in [0.15, 0.2) is 0 Å². The minimum absolute atomic E-state index is 0.0776. The van der Waals surface area contributed by atoms with Gasteiger partial charge in [0.25, 0.3) is 5.91 Å². The highest BCUT2D eigenvalue weighted by molar-refractivity contribution is 5.95. The number of amides is 1. The highest BCUT2D eigenvalue weighted by Gasteiger charge is 2.31. The summed E-state index contributed by atoms with van der Waals surface area (Å²) in [6.45, 7) is 11.5. The molecule has 1 aliphatic heterocycles. The number of nitrogens with zero attached hydrogens (tertiary/aromatic N) is 2. The number of aromatic nitrogens is 1. The van der Waals surface area contributed by atoms with E-state index in [1.165, 1.54) is 0 Å². The van der Waals surface area contributed by atoms with Gasteiger partial charge in [0.1, 0.15) is 5.82 Å². The summed E-state index contributed by atoms with van der Waals surface area (Å²) in [4.78, 5) is 19.4. The lowest BCUT2D eigenvalue weighted by Gasteiger charge is -2.24. The lowest BCUT2D eigenvalue weighted by atomic mass is 9.90. The Morgan fingerprint density at radius 3 is 2.48 bits per heavy atom. The van der Waals surface area contributed by atoms with Crippen LogP contribution in [0.4, 0.5) is 5.82 Å². The Kier molecular flexibility index (Phi) is 4.26. The van der Waals surface area contributed by atoms with Gasteiger partial charge in [-0.25, -0.2) is 4.98 Å². The molecule has 0 radical (unpaired) electrons. The zero-order chi connectivity index (χ0) is 15.8. The van der Waals surface area contributed by atoms with E-state index in [-0.39, 0.29) is 11.3 Å². The van der Waals surface area contributed by atoms with Crippen LogP contribution in [0.3, 0.4) is 0 Å². The molecule has 1 saturated heterocycles. The van der Waals surface area contributed by atoms with Crippen molar-refractivity contribution in [2.75, 3.05) is 18.9 Å². The molecule has 1 aliphatic rings. The summed E-state index contributed by atoms with van der Waals surface area (Å²) in [5.41, 5.74) is 1.60. The summed E-state index contributed by atoms with van der Waals surface area (Å²) in [5, 5.41) is 3.06. The first-order chi connectivity index (χ1) is 9.72. The zero-order valence-electron chi connectivity index (χ0n) is 14.0. The molecule has 0 spiro atoms. The fourth-order valence-corrected chi connectivity index (χ4v) is 2.92. The fraction of sp³-hybridized carbons (Fsp3) is 0.647. The Bertz CT molecular complexity index is 533. The summed E-state index contributed by atoms with van der Waals surface area (Å²) in [5.74, 6) is 1.46. The molecule has 0 aliphatic carbocycles. The third-order valence-electron chi connectivity index (χ3n) is 4.14. The number of carbonyl (C=O) groups is 1. The second kappa shape index (κ2) is 5.66. The van der Waals surface area contributed by atoms with Crippen LogP contribution in [-0.4, -0.2) is 35.4 Å². The van der Waals surface area contributed by atoms with Gasteiger partial charge in [-0.15, -0.1) is 0 Å². The summed E-state index contributed by atoms with van der Waals surface area (Å²) >= 11 is 0. The van der Waals surface area contributed by atoms with Gasteiger partial charge in [-0.2, -0.15) is 0 Å². The minimum Gasteiger partial charge on any atom is -0.373 e. The first-order valence-electron chi connectivity index (χ1n) is 7.73. The van der Waals surface area contributed by atoms with Gasteiger partial charge in [-0.3, -0.25) is 4.79 Å². The van der Waals surface area contributed by atoms with Crippen molar-refractivity contribution in [1.82, 2.24) is 9.88 Å². The summed E-state index contributed by atoms with van der Waals surface area (Å²) in [6, 6.07) is 4.11. The molecule has 4 heteroatoms. The van der Waals surface area contributed by atoms with Crippen LogP contribution in [0.25, 0.3) is 0 Å². The summed E-state index contributed by atoms with van der Waals surface area (Å²) in [7, 11) is 1.84. The number of hydrogen-bond donors (Lipinski definition) is 1. The number of nitrogens with one attached hydrogen (secondary N) is 1. The maximum Gasteiger partial charge on any atom is 0.254 e. The smallest absolute Gasteiger partial charge is 0.254 e. The largest absolute Gasteiger partial charge is 0.373 e. The molecule has 2 atom stereocenters. The van der Waals surface area contributed by atoms with Gasteiger partial charge in [-0.05, 0) is 31.4 Å². The maximum absolute atomic E-state index is 12.8. The Balaban J connectivity index is 2.37. The average molecular weight is 289 g/mol. The third kappa shape index (κ3) is 3.36. The van der Waals surface area contributed by atoms with Gasteiger partial charge in [0.05, 0.1) is 0 Å². The lowest BCUT2D eigenvalue weighted by molar-refractivity contribution is 0.0743. The molecule has 2 rings (SSSR count).